The molecule has 0 bridgehead atoms. The third-order valence-electron chi connectivity index (χ3n) is 2.39. The summed E-state index contributed by atoms with van der Waals surface area (Å²) in [5.74, 6) is 0.327. The number of nitrogens with one attached hydrogen (secondary N) is 1. The van der Waals surface area contributed by atoms with Crippen LogP contribution in [0.3, 0.4) is 0 Å². The highest BCUT2D eigenvalue weighted by Gasteiger charge is 2.30. The summed E-state index contributed by atoms with van der Waals surface area (Å²) in [6.45, 7) is 3.39. The minimum atomic E-state index is -0.147. The first-order valence-electron chi connectivity index (χ1n) is 4.86. The summed E-state index contributed by atoms with van der Waals surface area (Å²) in [4.78, 5) is 17.7. The lowest BCUT2D eigenvalue weighted by molar-refractivity contribution is -0.123. The van der Waals surface area contributed by atoms with E-state index >= 15 is 0 Å². The van der Waals surface area contributed by atoms with E-state index in [4.69, 9.17) is 5.73 Å². The SMILES string of the molecule is CCC1C(=O)NCCN1c1nc(N)ns1. The van der Waals surface area contributed by atoms with E-state index in [-0.39, 0.29) is 17.9 Å². The van der Waals surface area contributed by atoms with Crippen LogP contribution >= 0.6 is 11.5 Å². The first kappa shape index (κ1) is 10.2. The normalized spacial score (nSPS) is 21.5. The van der Waals surface area contributed by atoms with Crippen molar-refractivity contribution in [1.29, 1.82) is 0 Å². The Hall–Kier alpha value is -1.37. The van der Waals surface area contributed by atoms with Gasteiger partial charge in [-0.1, -0.05) is 6.92 Å². The molecule has 1 aliphatic rings. The Kier molecular flexibility index (Phi) is 2.72. The molecule has 1 atom stereocenters. The Balaban J connectivity index is 2.22. The molecule has 1 aromatic rings. The van der Waals surface area contributed by atoms with Gasteiger partial charge in [0.15, 0.2) is 0 Å². The average molecular weight is 227 g/mol. The second-order valence-electron chi connectivity index (χ2n) is 3.34. The zero-order valence-corrected chi connectivity index (χ0v) is 9.25. The lowest BCUT2D eigenvalue weighted by Gasteiger charge is -2.33. The van der Waals surface area contributed by atoms with Crippen LogP contribution < -0.4 is 16.0 Å². The van der Waals surface area contributed by atoms with E-state index in [0.29, 0.717) is 6.54 Å². The van der Waals surface area contributed by atoms with Crippen LogP contribution in [0.4, 0.5) is 11.1 Å². The molecule has 1 amide bonds. The van der Waals surface area contributed by atoms with Gasteiger partial charge in [0, 0.05) is 24.6 Å². The Bertz CT molecular complexity index is 366. The number of nitrogens with zero attached hydrogens (tertiary/aromatic N) is 3. The number of amides is 1. The van der Waals surface area contributed by atoms with Gasteiger partial charge in [0.25, 0.3) is 0 Å². The van der Waals surface area contributed by atoms with E-state index in [1.54, 1.807) is 0 Å². The van der Waals surface area contributed by atoms with Crippen LogP contribution in [0.15, 0.2) is 0 Å². The third-order valence-corrected chi connectivity index (χ3v) is 3.16. The first-order chi connectivity index (χ1) is 7.22. The molecule has 7 heteroatoms. The third kappa shape index (κ3) is 1.87. The maximum Gasteiger partial charge on any atom is 0.242 e. The van der Waals surface area contributed by atoms with Crippen LogP contribution in [0.5, 0.6) is 0 Å². The fourth-order valence-corrected chi connectivity index (χ4v) is 2.37. The standard InChI is InChI=1S/C8H13N5OS/c1-2-5-6(14)10-3-4-13(5)8-11-7(9)12-15-8/h5H,2-4H2,1H3,(H2,9,12)(H,10,14). The maximum atomic E-state index is 11.6. The van der Waals surface area contributed by atoms with Crippen molar-refractivity contribution in [2.45, 2.75) is 19.4 Å². The van der Waals surface area contributed by atoms with Crippen molar-refractivity contribution in [3.63, 3.8) is 0 Å². The summed E-state index contributed by atoms with van der Waals surface area (Å²) in [7, 11) is 0. The first-order valence-corrected chi connectivity index (χ1v) is 5.63. The Morgan fingerprint density at radius 2 is 2.53 bits per heavy atom. The number of aromatic nitrogens is 2. The van der Waals surface area contributed by atoms with Crippen molar-refractivity contribution >= 4 is 28.5 Å². The number of hydrogen-bond donors (Lipinski definition) is 2. The molecule has 82 valence electrons. The van der Waals surface area contributed by atoms with Gasteiger partial charge in [-0.05, 0) is 6.42 Å². The number of carbonyl (C=O) groups is 1. The minimum absolute atomic E-state index is 0.0533. The van der Waals surface area contributed by atoms with Gasteiger partial charge >= 0.3 is 0 Å². The average Bonchev–Trinajstić information content (AvgIpc) is 2.64. The largest absolute Gasteiger partial charge is 0.367 e. The van der Waals surface area contributed by atoms with Gasteiger partial charge in [-0.25, -0.2) is 0 Å². The van der Waals surface area contributed by atoms with Crippen molar-refractivity contribution < 1.29 is 4.79 Å². The molecule has 1 unspecified atom stereocenters. The fraction of sp³-hybridized carbons (Fsp3) is 0.625. The molecule has 0 spiro atoms. The van der Waals surface area contributed by atoms with Crippen LogP contribution in [-0.2, 0) is 4.79 Å². The fourth-order valence-electron chi connectivity index (χ4n) is 1.69. The van der Waals surface area contributed by atoms with Gasteiger partial charge in [0.05, 0.1) is 0 Å². The monoisotopic (exact) mass is 227 g/mol. The van der Waals surface area contributed by atoms with E-state index in [2.05, 4.69) is 14.7 Å². The lowest BCUT2D eigenvalue weighted by Crippen LogP contribution is -2.55. The molecule has 0 aromatic carbocycles. The van der Waals surface area contributed by atoms with E-state index in [9.17, 15) is 4.79 Å². The molecular formula is C8H13N5OS. The number of hydrogen-bond acceptors (Lipinski definition) is 6. The van der Waals surface area contributed by atoms with Gasteiger partial charge < -0.3 is 16.0 Å². The summed E-state index contributed by atoms with van der Waals surface area (Å²) in [5.41, 5.74) is 5.47. The predicted octanol–water partition coefficient (Wildman–Crippen LogP) is -0.165. The minimum Gasteiger partial charge on any atom is -0.367 e. The molecular weight excluding hydrogens is 214 g/mol. The zero-order chi connectivity index (χ0) is 10.8. The molecule has 6 nitrogen and oxygen atoms in total. The molecule has 1 aliphatic heterocycles. The Morgan fingerprint density at radius 1 is 1.73 bits per heavy atom. The van der Waals surface area contributed by atoms with Crippen LogP contribution in [0, 0.1) is 0 Å². The van der Waals surface area contributed by atoms with Crippen molar-refractivity contribution in [2.24, 2.45) is 0 Å². The van der Waals surface area contributed by atoms with Crippen molar-refractivity contribution in [3.05, 3.63) is 0 Å². The molecule has 1 fully saturated rings. The summed E-state index contributed by atoms with van der Waals surface area (Å²) < 4.78 is 3.92. The van der Waals surface area contributed by atoms with Crippen molar-refractivity contribution in [1.82, 2.24) is 14.7 Å². The molecule has 0 aliphatic carbocycles. The summed E-state index contributed by atoms with van der Waals surface area (Å²) >= 11 is 1.24. The highest BCUT2D eigenvalue weighted by Crippen LogP contribution is 2.22. The lowest BCUT2D eigenvalue weighted by atomic mass is 10.1. The molecule has 2 heterocycles. The molecule has 15 heavy (non-hydrogen) atoms. The van der Waals surface area contributed by atoms with Gasteiger partial charge in [0.2, 0.25) is 17.0 Å². The predicted molar refractivity (Wildman–Crippen MR) is 58.8 cm³/mol. The molecule has 2 rings (SSSR count). The molecule has 1 saturated heterocycles. The van der Waals surface area contributed by atoms with Crippen molar-refractivity contribution in [3.8, 4) is 0 Å². The number of nitrogens with two attached hydrogens (primary N) is 1. The smallest absolute Gasteiger partial charge is 0.242 e. The van der Waals surface area contributed by atoms with Gasteiger partial charge in [0.1, 0.15) is 6.04 Å². The van der Waals surface area contributed by atoms with E-state index in [1.807, 2.05) is 11.8 Å². The summed E-state index contributed by atoms with van der Waals surface area (Å²) in [6.07, 6.45) is 0.755. The highest BCUT2D eigenvalue weighted by molar-refractivity contribution is 7.09. The van der Waals surface area contributed by atoms with Gasteiger partial charge in [-0.2, -0.15) is 9.36 Å². The van der Waals surface area contributed by atoms with Crippen LogP contribution in [0.1, 0.15) is 13.3 Å². The highest BCUT2D eigenvalue weighted by atomic mass is 32.1. The quantitative estimate of drug-likeness (QED) is 0.733. The number of nitrogen functional groups attached to an aromatic ring is 1. The van der Waals surface area contributed by atoms with E-state index < -0.39 is 0 Å². The Morgan fingerprint density at radius 3 is 3.13 bits per heavy atom. The molecule has 3 N–H and O–H groups in total. The molecule has 0 radical (unpaired) electrons. The van der Waals surface area contributed by atoms with Crippen LogP contribution in [-0.4, -0.2) is 34.4 Å². The van der Waals surface area contributed by atoms with Crippen LogP contribution in [0.2, 0.25) is 0 Å². The topological polar surface area (TPSA) is 84.1 Å². The second kappa shape index (κ2) is 4.01. The second-order valence-corrected chi connectivity index (χ2v) is 4.07. The van der Waals surface area contributed by atoms with Gasteiger partial charge in [-0.3, -0.25) is 4.79 Å². The summed E-state index contributed by atoms with van der Waals surface area (Å²) in [6, 6.07) is -0.147. The Labute approximate surface area is 91.6 Å². The van der Waals surface area contributed by atoms with Crippen molar-refractivity contribution in [2.75, 3.05) is 23.7 Å². The van der Waals surface area contributed by atoms with E-state index in [0.717, 1.165) is 18.1 Å². The summed E-state index contributed by atoms with van der Waals surface area (Å²) in [5, 5.41) is 3.56. The maximum absolute atomic E-state index is 11.6. The number of rotatable bonds is 2. The van der Waals surface area contributed by atoms with E-state index in [1.165, 1.54) is 11.5 Å². The zero-order valence-electron chi connectivity index (χ0n) is 8.43. The van der Waals surface area contributed by atoms with Gasteiger partial charge in [-0.15, -0.1) is 0 Å². The molecule has 1 aromatic heterocycles. The number of anilines is 2. The number of piperazine rings is 1. The molecule has 0 saturated carbocycles. The number of carbonyl (C=O) groups excluding carboxylic acids is 1. The van der Waals surface area contributed by atoms with Crippen LogP contribution in [0.25, 0.3) is 0 Å².